The summed E-state index contributed by atoms with van der Waals surface area (Å²) >= 11 is 0. The van der Waals surface area contributed by atoms with Crippen molar-refractivity contribution >= 4 is 10.9 Å². The Morgan fingerprint density at radius 3 is 2.08 bits per heavy atom. The molecule has 1 fully saturated rings. The zero-order valence-corrected chi connectivity index (χ0v) is 29.2. The molecule has 0 amide bonds. The molecule has 1 N–H and O–H groups in total. The van der Waals surface area contributed by atoms with Gasteiger partial charge in [-0.1, -0.05) is 104 Å². The average Bonchev–Trinajstić information content (AvgIpc) is 3.46. The van der Waals surface area contributed by atoms with E-state index in [1.807, 2.05) is 48.7 Å². The topological polar surface area (TPSA) is 58.9 Å². The van der Waals surface area contributed by atoms with Crippen LogP contribution in [0.15, 0.2) is 134 Å². The molecule has 1 saturated carbocycles. The van der Waals surface area contributed by atoms with Gasteiger partial charge in [-0.3, -0.25) is 15.0 Å². The first-order valence-electron chi connectivity index (χ1n) is 17.0. The van der Waals surface area contributed by atoms with Crippen molar-refractivity contribution in [2.45, 2.75) is 43.4 Å². The van der Waals surface area contributed by atoms with Gasteiger partial charge in [0.25, 0.3) is 0 Å². The molecule has 49 heavy (non-hydrogen) atoms. The summed E-state index contributed by atoms with van der Waals surface area (Å²) in [4.78, 5) is 15.4. The van der Waals surface area contributed by atoms with Crippen LogP contribution in [-0.2, 0) is 26.5 Å². The Bertz CT molecular complexity index is 2280. The Morgan fingerprint density at radius 2 is 1.33 bits per heavy atom. The van der Waals surface area contributed by atoms with Gasteiger partial charge >= 0.3 is 0 Å². The van der Waals surface area contributed by atoms with E-state index in [0.717, 1.165) is 33.4 Å². The van der Waals surface area contributed by atoms with Crippen molar-refractivity contribution in [3.8, 4) is 39.5 Å². The number of pyridine rings is 1. The summed E-state index contributed by atoms with van der Waals surface area (Å²) in [6.07, 6.45) is 8.02. The van der Waals surface area contributed by atoms with E-state index in [-0.39, 0.29) is 26.8 Å². The number of nitrogens with zero attached hydrogens (tertiary/aromatic N) is 3. The minimum atomic E-state index is -0.760. The summed E-state index contributed by atoms with van der Waals surface area (Å²) in [7, 11) is 0. The first-order valence-corrected chi connectivity index (χ1v) is 17.0. The van der Waals surface area contributed by atoms with E-state index < -0.39 is 5.41 Å². The predicted molar refractivity (Wildman–Crippen MR) is 192 cm³/mol. The molecule has 0 saturated heterocycles. The molecule has 242 valence electrons. The van der Waals surface area contributed by atoms with Gasteiger partial charge in [0.05, 0.1) is 28.1 Å². The molecule has 5 heteroatoms. The number of benzene rings is 5. The zero-order valence-electron chi connectivity index (χ0n) is 26.9. The Hall–Kier alpha value is -4.92. The fourth-order valence-electron chi connectivity index (χ4n) is 8.11. The normalized spacial score (nSPS) is 14.9. The number of phenolic OH excluding ortho intramolecular Hbond substituents is 1. The molecule has 0 atom stereocenters. The minimum Gasteiger partial charge on any atom is -0.507 e. The summed E-state index contributed by atoms with van der Waals surface area (Å²) in [5.41, 5.74) is 10.5. The second-order valence-electron chi connectivity index (χ2n) is 13.1. The number of rotatable bonds is 5. The molecule has 0 spiro atoms. The smallest absolute Gasteiger partial charge is 0.124 e. The molecule has 0 aliphatic heterocycles. The fraction of sp³-hybridized carbons (Fsp3) is 0.159. The molecule has 7 aromatic rings. The van der Waals surface area contributed by atoms with Crippen LogP contribution in [0, 0.1) is 6.07 Å². The van der Waals surface area contributed by atoms with Gasteiger partial charge in [0, 0.05) is 38.2 Å². The number of hydrogen-bond donors (Lipinski definition) is 1. The van der Waals surface area contributed by atoms with Gasteiger partial charge in [0.15, 0.2) is 0 Å². The second-order valence-corrected chi connectivity index (χ2v) is 13.1. The maximum Gasteiger partial charge on any atom is 0.124 e. The van der Waals surface area contributed by atoms with Gasteiger partial charge in [-0.25, -0.2) is 0 Å². The first-order chi connectivity index (χ1) is 23.7. The Kier molecular flexibility index (Phi) is 8.21. The fourth-order valence-corrected chi connectivity index (χ4v) is 8.11. The summed E-state index contributed by atoms with van der Waals surface area (Å²) in [6.45, 7) is 0. The molecule has 2 heterocycles. The number of fused-ring (bicyclic) bond motifs is 4. The zero-order chi connectivity index (χ0) is 32.1. The van der Waals surface area contributed by atoms with E-state index in [2.05, 4.69) is 84.9 Å². The van der Waals surface area contributed by atoms with Crippen molar-refractivity contribution in [1.29, 1.82) is 0 Å². The van der Waals surface area contributed by atoms with E-state index in [9.17, 15) is 5.11 Å². The summed E-state index contributed by atoms with van der Waals surface area (Å²) < 4.78 is 0. The molecular weight excluding hydrogens is 782 g/mol. The molecule has 0 unspecified atom stereocenters. The quantitative estimate of drug-likeness (QED) is 0.176. The molecular formula is C44H34N3OPt-. The van der Waals surface area contributed by atoms with E-state index in [1.54, 1.807) is 6.07 Å². The molecule has 4 nitrogen and oxygen atoms in total. The summed E-state index contributed by atoms with van der Waals surface area (Å²) in [5, 5.41) is 11.9. The van der Waals surface area contributed by atoms with Crippen molar-refractivity contribution in [2.24, 2.45) is 0 Å². The molecule has 0 bridgehead atoms. The van der Waals surface area contributed by atoms with E-state index in [0.29, 0.717) is 17.3 Å². The molecule has 5 aromatic carbocycles. The van der Waals surface area contributed by atoms with E-state index >= 15 is 0 Å². The van der Waals surface area contributed by atoms with Crippen LogP contribution in [0.5, 0.6) is 5.75 Å². The van der Waals surface area contributed by atoms with Gasteiger partial charge < -0.3 is 5.11 Å². The second kappa shape index (κ2) is 12.8. The third kappa shape index (κ3) is 5.21. The number of aromatic nitrogens is 3. The van der Waals surface area contributed by atoms with Crippen LogP contribution in [0.3, 0.4) is 0 Å². The standard InChI is InChI=1S/C44H34N3O.Pt/c48-41-23-11-7-18-36(41)40-22-12-24-42(46-40)44(37-19-8-5-16-34(37)35-17-6-9-20-38(35)44)33-26-31(29-13-2-1-3-14-29)25-32(27-33)43-45-28-30-15-4-10-21-39(30)47-43;/h4-12,15-26,28-29,48H,1-3,13-14H2;/q-1;. The Balaban J connectivity index is 0.00000348. The van der Waals surface area contributed by atoms with Gasteiger partial charge in [0.1, 0.15) is 5.75 Å². The third-order valence-corrected chi connectivity index (χ3v) is 10.4. The van der Waals surface area contributed by atoms with E-state index in [4.69, 9.17) is 15.0 Å². The number of para-hydroxylation sites is 2. The first kappa shape index (κ1) is 31.4. The maximum atomic E-state index is 10.9. The van der Waals surface area contributed by atoms with Gasteiger partial charge in [0.2, 0.25) is 0 Å². The number of aromatic hydroxyl groups is 1. The van der Waals surface area contributed by atoms with Crippen molar-refractivity contribution in [1.82, 2.24) is 15.0 Å². The number of hydrogen-bond acceptors (Lipinski definition) is 4. The molecule has 0 radical (unpaired) electrons. The number of phenols is 1. The predicted octanol–water partition coefficient (Wildman–Crippen LogP) is 10.3. The van der Waals surface area contributed by atoms with Gasteiger partial charge in [-0.15, -0.1) is 34.9 Å². The van der Waals surface area contributed by atoms with Crippen LogP contribution >= 0.6 is 0 Å². The van der Waals surface area contributed by atoms with Crippen molar-refractivity contribution < 1.29 is 26.2 Å². The van der Waals surface area contributed by atoms with Crippen molar-refractivity contribution in [3.05, 3.63) is 168 Å². The summed E-state index contributed by atoms with van der Waals surface area (Å²) in [6, 6.07) is 47.8. The van der Waals surface area contributed by atoms with E-state index in [1.165, 1.54) is 59.9 Å². The molecule has 2 aromatic heterocycles. The largest absolute Gasteiger partial charge is 0.507 e. The van der Waals surface area contributed by atoms with Crippen LogP contribution < -0.4 is 0 Å². The van der Waals surface area contributed by atoms with Crippen LogP contribution in [0.1, 0.15) is 66.0 Å². The molecule has 2 aliphatic carbocycles. The van der Waals surface area contributed by atoms with Gasteiger partial charge in [-0.2, -0.15) is 0 Å². The monoisotopic (exact) mass is 815 g/mol. The Labute approximate surface area is 301 Å². The van der Waals surface area contributed by atoms with Crippen LogP contribution in [-0.4, -0.2) is 20.1 Å². The summed E-state index contributed by atoms with van der Waals surface area (Å²) in [5.74, 6) is 1.35. The third-order valence-electron chi connectivity index (χ3n) is 10.4. The minimum absolute atomic E-state index is 0. The average molecular weight is 816 g/mol. The van der Waals surface area contributed by atoms with Crippen molar-refractivity contribution in [2.75, 3.05) is 0 Å². The molecule has 2 aliphatic rings. The Morgan fingerprint density at radius 1 is 0.653 bits per heavy atom. The maximum absolute atomic E-state index is 10.9. The SMILES string of the molecule is Oc1ccccc1-c1cccc(C2(c3[c-]c(-c4ncc5ccccc5n4)cc(C4CCCCC4)c3)c3ccccc3-c3ccccc32)n1.[Pt]. The van der Waals surface area contributed by atoms with Gasteiger partial charge in [-0.05, 0) is 71.3 Å². The van der Waals surface area contributed by atoms with Crippen LogP contribution in [0.4, 0.5) is 0 Å². The van der Waals surface area contributed by atoms with Crippen LogP contribution in [0.2, 0.25) is 0 Å². The van der Waals surface area contributed by atoms with Crippen LogP contribution in [0.25, 0.3) is 44.7 Å². The molecule has 9 rings (SSSR count). The van der Waals surface area contributed by atoms with Crippen molar-refractivity contribution in [3.63, 3.8) is 0 Å².